The third-order valence-electron chi connectivity index (χ3n) is 3.07. The van der Waals surface area contributed by atoms with Gasteiger partial charge in [0.15, 0.2) is 0 Å². The first kappa shape index (κ1) is 17.0. The summed E-state index contributed by atoms with van der Waals surface area (Å²) >= 11 is 0. The van der Waals surface area contributed by atoms with Crippen LogP contribution in [0.25, 0.3) is 0 Å². The van der Waals surface area contributed by atoms with Crippen LogP contribution in [0, 0.1) is 11.3 Å². The minimum atomic E-state index is -0.0681. The highest BCUT2D eigenvalue weighted by Crippen LogP contribution is 2.17. The summed E-state index contributed by atoms with van der Waals surface area (Å²) in [5.74, 6) is -0.0681. The zero-order valence-electron chi connectivity index (χ0n) is 12.8. The van der Waals surface area contributed by atoms with Gasteiger partial charge in [0.2, 0.25) is 0 Å². The third-order valence-corrected chi connectivity index (χ3v) is 3.07. The van der Waals surface area contributed by atoms with Gasteiger partial charge in [-0.2, -0.15) is 5.26 Å². The van der Waals surface area contributed by atoms with E-state index in [1.165, 1.54) is 0 Å². The summed E-state index contributed by atoms with van der Waals surface area (Å²) in [6.07, 6.45) is 1.31. The van der Waals surface area contributed by atoms with Gasteiger partial charge in [-0.15, -0.1) is 0 Å². The Labute approximate surface area is 126 Å². The summed E-state index contributed by atoms with van der Waals surface area (Å²) in [7, 11) is 1.60. The smallest absolute Gasteiger partial charge is 0.256 e. The second-order valence-electron chi connectivity index (χ2n) is 4.67. The van der Waals surface area contributed by atoms with Crippen LogP contribution in [0.15, 0.2) is 24.3 Å². The molecule has 1 N–H and O–H groups in total. The summed E-state index contributed by atoms with van der Waals surface area (Å²) < 4.78 is 5.04. The van der Waals surface area contributed by atoms with E-state index in [0.717, 1.165) is 18.7 Å². The lowest BCUT2D eigenvalue weighted by Gasteiger charge is -2.22. The first-order chi connectivity index (χ1) is 10.2. The van der Waals surface area contributed by atoms with Gasteiger partial charge in [-0.25, -0.2) is 0 Å². The predicted octanol–water partition coefficient (Wildman–Crippen LogP) is 2.51. The third kappa shape index (κ3) is 5.44. The summed E-state index contributed by atoms with van der Waals surface area (Å²) in [5, 5.41) is 12.0. The van der Waals surface area contributed by atoms with Crippen molar-refractivity contribution in [3.05, 3.63) is 29.8 Å². The zero-order chi connectivity index (χ0) is 15.5. The molecule has 0 saturated carbocycles. The number of anilines is 1. The summed E-state index contributed by atoms with van der Waals surface area (Å²) in [5.41, 5.74) is 1.48. The maximum Gasteiger partial charge on any atom is 0.256 e. The van der Waals surface area contributed by atoms with Crippen LogP contribution in [0.1, 0.15) is 30.1 Å². The summed E-state index contributed by atoms with van der Waals surface area (Å²) in [6, 6.07) is 9.55. The van der Waals surface area contributed by atoms with E-state index in [9.17, 15) is 4.79 Å². The molecule has 0 heterocycles. The number of rotatable bonds is 9. The number of carbonyl (C=O) groups excluding carboxylic acids is 1. The Kier molecular flexibility index (Phi) is 7.92. The Balaban J connectivity index is 2.88. The molecule has 1 aromatic rings. The van der Waals surface area contributed by atoms with Gasteiger partial charge in [-0.05, 0) is 18.6 Å². The van der Waals surface area contributed by atoms with E-state index >= 15 is 0 Å². The van der Waals surface area contributed by atoms with Gasteiger partial charge in [0, 0.05) is 32.4 Å². The molecule has 1 amide bonds. The number of nitrogens with zero attached hydrogens (tertiary/aromatic N) is 2. The lowest BCUT2D eigenvalue weighted by molar-refractivity contribution is 0.0701. The maximum atomic E-state index is 12.7. The highest BCUT2D eigenvalue weighted by Gasteiger charge is 2.18. The van der Waals surface area contributed by atoms with Gasteiger partial charge in [-0.3, -0.25) is 4.79 Å². The van der Waals surface area contributed by atoms with E-state index in [1.807, 2.05) is 24.3 Å². The number of carbonyl (C=O) groups is 1. The van der Waals surface area contributed by atoms with Crippen LogP contribution in [0.5, 0.6) is 0 Å². The molecule has 0 aromatic heterocycles. The molecule has 114 valence electrons. The Hall–Kier alpha value is -2.06. The number of hydrogen-bond acceptors (Lipinski definition) is 4. The van der Waals surface area contributed by atoms with Gasteiger partial charge < -0.3 is 15.0 Å². The van der Waals surface area contributed by atoms with E-state index in [2.05, 4.69) is 18.3 Å². The van der Waals surface area contributed by atoms with E-state index in [1.54, 1.807) is 12.0 Å². The average molecular weight is 289 g/mol. The van der Waals surface area contributed by atoms with Crippen molar-refractivity contribution in [2.45, 2.75) is 19.8 Å². The van der Waals surface area contributed by atoms with E-state index < -0.39 is 0 Å². The van der Waals surface area contributed by atoms with Crippen molar-refractivity contribution in [2.75, 3.05) is 38.7 Å². The molecule has 21 heavy (non-hydrogen) atoms. The number of hydrogen-bond donors (Lipinski definition) is 1. The first-order valence-corrected chi connectivity index (χ1v) is 7.22. The molecular formula is C16H23N3O2. The quantitative estimate of drug-likeness (QED) is 0.758. The lowest BCUT2D eigenvalue weighted by atomic mass is 10.1. The maximum absolute atomic E-state index is 12.7. The molecule has 0 bridgehead atoms. The predicted molar refractivity (Wildman–Crippen MR) is 83.2 cm³/mol. The summed E-state index contributed by atoms with van der Waals surface area (Å²) in [6.45, 7) is 4.26. The Morgan fingerprint density at radius 3 is 2.81 bits per heavy atom. The molecule has 0 aliphatic carbocycles. The van der Waals surface area contributed by atoms with Crippen LogP contribution in [-0.2, 0) is 4.74 Å². The van der Waals surface area contributed by atoms with Crippen LogP contribution in [0.2, 0.25) is 0 Å². The molecule has 0 atom stereocenters. The first-order valence-electron chi connectivity index (χ1n) is 7.22. The second kappa shape index (κ2) is 9.78. The Morgan fingerprint density at radius 1 is 1.38 bits per heavy atom. The zero-order valence-corrected chi connectivity index (χ0v) is 12.8. The fraction of sp³-hybridized carbons (Fsp3) is 0.500. The Morgan fingerprint density at radius 2 is 2.14 bits per heavy atom. The molecule has 0 spiro atoms. The van der Waals surface area contributed by atoms with E-state index in [-0.39, 0.29) is 5.91 Å². The van der Waals surface area contributed by atoms with Crippen molar-refractivity contribution in [3.63, 3.8) is 0 Å². The van der Waals surface area contributed by atoms with Gasteiger partial charge in [0.05, 0.1) is 24.7 Å². The number of methoxy groups -OCH3 is 1. The molecule has 5 nitrogen and oxygen atoms in total. The number of nitriles is 1. The normalized spacial score (nSPS) is 9.95. The van der Waals surface area contributed by atoms with Crippen molar-refractivity contribution in [3.8, 4) is 6.07 Å². The standard InChI is InChI=1S/C16H23N3O2/c1-3-10-18-15-8-5-4-7-14(15)16(20)19(11-6-9-17)12-13-21-2/h4-5,7-8,18H,3,6,10-13H2,1-2H3. The largest absolute Gasteiger partial charge is 0.384 e. The molecular weight excluding hydrogens is 266 g/mol. The van der Waals surface area contributed by atoms with Crippen LogP contribution in [0.4, 0.5) is 5.69 Å². The van der Waals surface area contributed by atoms with Gasteiger partial charge in [-0.1, -0.05) is 19.1 Å². The van der Waals surface area contributed by atoms with Crippen molar-refractivity contribution in [1.82, 2.24) is 4.90 Å². The number of ether oxygens (including phenoxy) is 1. The fourth-order valence-electron chi connectivity index (χ4n) is 1.96. The van der Waals surface area contributed by atoms with Gasteiger partial charge >= 0.3 is 0 Å². The SMILES string of the molecule is CCCNc1ccccc1C(=O)N(CCC#N)CCOC. The lowest BCUT2D eigenvalue weighted by Crippen LogP contribution is -2.35. The molecule has 0 saturated heterocycles. The van der Waals surface area contributed by atoms with Gasteiger partial charge in [0.25, 0.3) is 5.91 Å². The van der Waals surface area contributed by atoms with Crippen molar-refractivity contribution in [1.29, 1.82) is 5.26 Å². The topological polar surface area (TPSA) is 65.4 Å². The number of nitrogens with one attached hydrogen (secondary N) is 1. The molecule has 0 fully saturated rings. The minimum absolute atomic E-state index is 0.0681. The van der Waals surface area contributed by atoms with Crippen molar-refractivity contribution < 1.29 is 9.53 Å². The monoisotopic (exact) mass is 289 g/mol. The molecule has 1 aromatic carbocycles. The number of para-hydroxylation sites is 1. The fourth-order valence-corrected chi connectivity index (χ4v) is 1.96. The molecule has 0 radical (unpaired) electrons. The Bertz CT molecular complexity index is 483. The summed E-state index contributed by atoms with van der Waals surface area (Å²) in [4.78, 5) is 14.3. The van der Waals surface area contributed by atoms with Gasteiger partial charge in [0.1, 0.15) is 0 Å². The van der Waals surface area contributed by atoms with Crippen LogP contribution >= 0.6 is 0 Å². The van der Waals surface area contributed by atoms with Crippen LogP contribution < -0.4 is 5.32 Å². The van der Waals surface area contributed by atoms with E-state index in [0.29, 0.717) is 31.7 Å². The molecule has 5 heteroatoms. The van der Waals surface area contributed by atoms with E-state index in [4.69, 9.17) is 10.00 Å². The van der Waals surface area contributed by atoms with Crippen molar-refractivity contribution in [2.24, 2.45) is 0 Å². The highest BCUT2D eigenvalue weighted by molar-refractivity contribution is 5.99. The minimum Gasteiger partial charge on any atom is -0.384 e. The number of benzene rings is 1. The molecule has 0 aliphatic rings. The van der Waals surface area contributed by atoms with Crippen LogP contribution in [0.3, 0.4) is 0 Å². The van der Waals surface area contributed by atoms with Crippen LogP contribution in [-0.4, -0.2) is 44.2 Å². The highest BCUT2D eigenvalue weighted by atomic mass is 16.5. The second-order valence-corrected chi connectivity index (χ2v) is 4.67. The van der Waals surface area contributed by atoms with Crippen molar-refractivity contribution >= 4 is 11.6 Å². The number of amides is 1. The average Bonchev–Trinajstić information content (AvgIpc) is 2.52. The molecule has 0 aliphatic heterocycles. The molecule has 0 unspecified atom stereocenters. The molecule has 1 rings (SSSR count).